The van der Waals surface area contributed by atoms with Crippen LogP contribution in [0.15, 0.2) is 24.3 Å². The molecule has 0 fully saturated rings. The highest BCUT2D eigenvalue weighted by atomic mass is 16.5. The first-order valence-electron chi connectivity index (χ1n) is 5.22. The molecule has 0 unspecified atom stereocenters. The number of primary amides is 1. The lowest BCUT2D eigenvalue weighted by molar-refractivity contribution is -0.117. The van der Waals surface area contributed by atoms with Gasteiger partial charge in [-0.1, -0.05) is 18.2 Å². The predicted molar refractivity (Wildman–Crippen MR) is 67.5 cm³/mol. The van der Waals surface area contributed by atoms with Crippen molar-refractivity contribution >= 4 is 17.9 Å². The van der Waals surface area contributed by atoms with Crippen LogP contribution in [0.4, 0.5) is 0 Å². The van der Waals surface area contributed by atoms with Crippen molar-refractivity contribution < 1.29 is 14.3 Å². The van der Waals surface area contributed by atoms with Crippen molar-refractivity contribution in [2.45, 2.75) is 6.42 Å². The zero-order chi connectivity index (χ0) is 13.5. The van der Waals surface area contributed by atoms with E-state index in [1.807, 2.05) is 0 Å². The largest absolute Gasteiger partial charge is 0.497 e. The molecule has 0 saturated heterocycles. The van der Waals surface area contributed by atoms with E-state index >= 15 is 0 Å². The van der Waals surface area contributed by atoms with Crippen molar-refractivity contribution in [1.29, 1.82) is 0 Å². The summed E-state index contributed by atoms with van der Waals surface area (Å²) in [5.41, 5.74) is 8.05. The Balaban J connectivity index is 3.06. The van der Waals surface area contributed by atoms with Crippen LogP contribution in [0, 0.1) is 0 Å². The van der Waals surface area contributed by atoms with E-state index in [1.54, 1.807) is 30.4 Å². The van der Waals surface area contributed by atoms with Gasteiger partial charge in [0.2, 0.25) is 5.91 Å². The molecule has 0 aromatic heterocycles. The number of amides is 2. The van der Waals surface area contributed by atoms with E-state index in [-0.39, 0.29) is 6.42 Å². The minimum absolute atomic E-state index is 0.107. The Labute approximate surface area is 105 Å². The van der Waals surface area contributed by atoms with Crippen molar-refractivity contribution in [2.24, 2.45) is 11.6 Å². The van der Waals surface area contributed by atoms with Crippen LogP contribution in [0.1, 0.15) is 22.3 Å². The quantitative estimate of drug-likeness (QED) is 0.393. The van der Waals surface area contributed by atoms with Crippen molar-refractivity contribution in [3.05, 3.63) is 35.4 Å². The molecule has 1 aromatic carbocycles. The van der Waals surface area contributed by atoms with E-state index < -0.39 is 11.8 Å². The maximum atomic E-state index is 11.6. The Morgan fingerprint density at radius 1 is 1.44 bits per heavy atom. The van der Waals surface area contributed by atoms with Crippen LogP contribution < -0.4 is 21.7 Å². The molecule has 5 N–H and O–H groups in total. The van der Waals surface area contributed by atoms with Crippen LogP contribution >= 0.6 is 0 Å². The topological polar surface area (TPSA) is 107 Å². The second-order valence-electron chi connectivity index (χ2n) is 3.50. The van der Waals surface area contributed by atoms with Crippen molar-refractivity contribution in [1.82, 2.24) is 5.43 Å². The number of nitrogens with two attached hydrogens (primary N) is 2. The minimum atomic E-state index is -0.440. The molecule has 1 rings (SSSR count). The normalized spacial score (nSPS) is 10.3. The van der Waals surface area contributed by atoms with Gasteiger partial charge in [-0.3, -0.25) is 15.0 Å². The van der Waals surface area contributed by atoms with E-state index in [2.05, 4.69) is 5.43 Å². The molecule has 6 heteroatoms. The van der Waals surface area contributed by atoms with Crippen LogP contribution in [0.25, 0.3) is 6.08 Å². The van der Waals surface area contributed by atoms with Gasteiger partial charge in [0.1, 0.15) is 5.75 Å². The van der Waals surface area contributed by atoms with Gasteiger partial charge in [0.15, 0.2) is 0 Å². The molecule has 0 spiro atoms. The van der Waals surface area contributed by atoms with Gasteiger partial charge in [-0.15, -0.1) is 0 Å². The lowest BCUT2D eigenvalue weighted by Crippen LogP contribution is -2.30. The molecule has 0 radical (unpaired) electrons. The summed E-state index contributed by atoms with van der Waals surface area (Å²) in [6.07, 6.45) is 3.32. The van der Waals surface area contributed by atoms with Gasteiger partial charge in [-0.05, 0) is 17.7 Å². The van der Waals surface area contributed by atoms with Crippen LogP contribution in [-0.4, -0.2) is 18.9 Å². The highest BCUT2D eigenvalue weighted by Gasteiger charge is 2.09. The predicted octanol–water partition coefficient (Wildman–Crippen LogP) is 0.187. The third-order valence-electron chi connectivity index (χ3n) is 2.25. The van der Waals surface area contributed by atoms with Crippen LogP contribution in [0.2, 0.25) is 0 Å². The van der Waals surface area contributed by atoms with E-state index in [0.717, 1.165) is 0 Å². The highest BCUT2D eigenvalue weighted by molar-refractivity contribution is 5.98. The van der Waals surface area contributed by atoms with Crippen LogP contribution in [0.3, 0.4) is 0 Å². The molecule has 6 nitrogen and oxygen atoms in total. The Kier molecular flexibility index (Phi) is 4.89. The van der Waals surface area contributed by atoms with E-state index in [1.165, 1.54) is 7.11 Å². The summed E-state index contributed by atoms with van der Waals surface area (Å²) in [7, 11) is 1.50. The number of hydrogen-bond donors (Lipinski definition) is 3. The maximum Gasteiger partial charge on any atom is 0.265 e. The fourth-order valence-electron chi connectivity index (χ4n) is 1.38. The maximum absolute atomic E-state index is 11.6. The van der Waals surface area contributed by atoms with E-state index in [9.17, 15) is 9.59 Å². The Morgan fingerprint density at radius 2 is 2.17 bits per heavy atom. The standard InChI is InChI=1S/C12H15N3O3/c1-18-9-6-5-8(3-2-4-11(13)16)10(7-9)12(17)15-14/h2-3,5-7H,4,14H2,1H3,(H2,13,16)(H,15,17). The SMILES string of the molecule is COc1ccc(C=CCC(N)=O)c(C(=O)NN)c1. The fraction of sp³-hybridized carbons (Fsp3) is 0.167. The van der Waals surface area contributed by atoms with E-state index in [4.69, 9.17) is 16.3 Å². The van der Waals surface area contributed by atoms with Crippen molar-refractivity contribution in [2.75, 3.05) is 7.11 Å². The number of carbonyl (C=O) groups is 2. The Hall–Kier alpha value is -2.34. The molecular weight excluding hydrogens is 234 g/mol. The smallest absolute Gasteiger partial charge is 0.265 e. The minimum Gasteiger partial charge on any atom is -0.497 e. The second-order valence-corrected chi connectivity index (χ2v) is 3.50. The van der Waals surface area contributed by atoms with Gasteiger partial charge >= 0.3 is 0 Å². The van der Waals surface area contributed by atoms with Gasteiger partial charge in [-0.25, -0.2) is 5.84 Å². The first-order valence-corrected chi connectivity index (χ1v) is 5.22. The number of nitrogens with one attached hydrogen (secondary N) is 1. The number of carbonyl (C=O) groups excluding carboxylic acids is 2. The first kappa shape index (κ1) is 13.7. The summed E-state index contributed by atoms with van der Waals surface area (Å²) in [6, 6.07) is 4.96. The molecule has 2 amide bonds. The monoisotopic (exact) mass is 249 g/mol. The molecule has 1 aromatic rings. The summed E-state index contributed by atoms with van der Waals surface area (Å²) in [4.78, 5) is 22.2. The van der Waals surface area contributed by atoms with Gasteiger partial charge < -0.3 is 10.5 Å². The molecule has 96 valence electrons. The van der Waals surface area contributed by atoms with Crippen molar-refractivity contribution in [3.63, 3.8) is 0 Å². The summed E-state index contributed by atoms with van der Waals surface area (Å²) in [5.74, 6) is 4.77. The average molecular weight is 249 g/mol. The molecule has 0 heterocycles. The number of rotatable bonds is 5. The lowest BCUT2D eigenvalue weighted by Gasteiger charge is -2.07. The molecule has 0 aliphatic carbocycles. The first-order chi connectivity index (χ1) is 8.58. The lowest BCUT2D eigenvalue weighted by atomic mass is 10.1. The second kappa shape index (κ2) is 6.41. The third kappa shape index (κ3) is 3.60. The number of nitrogen functional groups attached to an aromatic ring is 1. The van der Waals surface area contributed by atoms with Crippen molar-refractivity contribution in [3.8, 4) is 5.75 Å². The molecule has 0 aliphatic heterocycles. The molecule has 18 heavy (non-hydrogen) atoms. The van der Waals surface area contributed by atoms with Gasteiger partial charge in [0.05, 0.1) is 12.7 Å². The summed E-state index contributed by atoms with van der Waals surface area (Å²) in [5, 5.41) is 0. The summed E-state index contributed by atoms with van der Waals surface area (Å²) < 4.78 is 5.03. The van der Waals surface area contributed by atoms with E-state index in [0.29, 0.717) is 16.9 Å². The van der Waals surface area contributed by atoms with Crippen LogP contribution in [-0.2, 0) is 4.79 Å². The number of methoxy groups -OCH3 is 1. The molecule has 0 saturated carbocycles. The number of ether oxygens (including phenoxy) is 1. The number of hydrazine groups is 1. The molecule has 0 bridgehead atoms. The van der Waals surface area contributed by atoms with Gasteiger partial charge in [-0.2, -0.15) is 0 Å². The Morgan fingerprint density at radius 3 is 2.72 bits per heavy atom. The molecule has 0 atom stereocenters. The average Bonchev–Trinajstić information content (AvgIpc) is 2.37. The highest BCUT2D eigenvalue weighted by Crippen LogP contribution is 2.19. The zero-order valence-electron chi connectivity index (χ0n) is 9.97. The number of benzene rings is 1. The third-order valence-corrected chi connectivity index (χ3v) is 2.25. The number of hydrogen-bond acceptors (Lipinski definition) is 4. The van der Waals surface area contributed by atoms with Gasteiger partial charge in [0.25, 0.3) is 5.91 Å². The Bertz CT molecular complexity index is 483. The van der Waals surface area contributed by atoms with Gasteiger partial charge in [0, 0.05) is 6.42 Å². The molecule has 0 aliphatic rings. The zero-order valence-corrected chi connectivity index (χ0v) is 9.97. The summed E-state index contributed by atoms with van der Waals surface area (Å²) in [6.45, 7) is 0. The molecular formula is C12H15N3O3. The van der Waals surface area contributed by atoms with Crippen LogP contribution in [0.5, 0.6) is 5.75 Å². The summed E-state index contributed by atoms with van der Waals surface area (Å²) >= 11 is 0. The fourth-order valence-corrected chi connectivity index (χ4v) is 1.38.